The molecular weight excluding hydrogens is 264 g/mol. The first-order valence-electron chi connectivity index (χ1n) is 5.83. The van der Waals surface area contributed by atoms with Gasteiger partial charge in [-0.2, -0.15) is 0 Å². The summed E-state index contributed by atoms with van der Waals surface area (Å²) in [5.41, 5.74) is 1.78. The van der Waals surface area contributed by atoms with Gasteiger partial charge in [0.1, 0.15) is 0 Å². The molecule has 0 aliphatic carbocycles. The quantitative estimate of drug-likeness (QED) is 0.850. The molecule has 1 aliphatic rings. The zero-order chi connectivity index (χ0) is 14.0. The van der Waals surface area contributed by atoms with E-state index in [1.165, 1.54) is 26.4 Å². The van der Waals surface area contributed by atoms with Crippen molar-refractivity contribution in [2.45, 2.75) is 19.8 Å². The van der Waals surface area contributed by atoms with E-state index in [4.69, 9.17) is 16.3 Å². The molecule has 2 rings (SSSR count). The second kappa shape index (κ2) is 5.41. The van der Waals surface area contributed by atoms with E-state index in [1.807, 2.05) is 12.1 Å². The van der Waals surface area contributed by atoms with Crippen LogP contribution in [0.4, 0.5) is 0 Å². The maximum Gasteiger partial charge on any atom is 0.159 e. The summed E-state index contributed by atoms with van der Waals surface area (Å²) < 4.78 is 5.10. The molecule has 0 aromatic heterocycles. The number of ketones is 2. The second-order valence-corrected chi connectivity index (χ2v) is 4.82. The normalized spacial score (nSPS) is 15.3. The van der Waals surface area contributed by atoms with Crippen LogP contribution in [0.2, 0.25) is 5.02 Å². The Bertz CT molecular complexity index is 552. The molecule has 1 aliphatic heterocycles. The third-order valence-corrected chi connectivity index (χ3v) is 3.28. The Kier molecular flexibility index (Phi) is 3.86. The van der Waals surface area contributed by atoms with Gasteiger partial charge in [0.2, 0.25) is 0 Å². The van der Waals surface area contributed by atoms with Crippen molar-refractivity contribution in [3.63, 3.8) is 0 Å². The summed E-state index contributed by atoms with van der Waals surface area (Å²) in [6.07, 6.45) is 2.79. The number of carbonyl (C=O) groups excluding carboxylic acids is 2. The lowest BCUT2D eigenvalue weighted by Gasteiger charge is -2.23. The molecule has 0 N–H and O–H groups in total. The van der Waals surface area contributed by atoms with Crippen LogP contribution in [0.25, 0.3) is 0 Å². The van der Waals surface area contributed by atoms with E-state index in [0.29, 0.717) is 16.2 Å². The monoisotopic (exact) mass is 276 g/mol. The Morgan fingerprint density at radius 2 is 1.47 bits per heavy atom. The summed E-state index contributed by atoms with van der Waals surface area (Å²) >= 11 is 5.86. The molecule has 1 aromatic carbocycles. The van der Waals surface area contributed by atoms with Gasteiger partial charge >= 0.3 is 0 Å². The van der Waals surface area contributed by atoms with Gasteiger partial charge in [-0.15, -0.1) is 0 Å². The van der Waals surface area contributed by atoms with Gasteiger partial charge in [-0.1, -0.05) is 23.7 Å². The van der Waals surface area contributed by atoms with Gasteiger partial charge in [-0.25, -0.2) is 0 Å². The van der Waals surface area contributed by atoms with Crippen molar-refractivity contribution in [2.24, 2.45) is 0 Å². The van der Waals surface area contributed by atoms with E-state index in [9.17, 15) is 9.59 Å². The Labute approximate surface area is 116 Å². The Hall–Kier alpha value is -1.87. The van der Waals surface area contributed by atoms with Gasteiger partial charge < -0.3 is 4.74 Å². The fourth-order valence-corrected chi connectivity index (χ4v) is 2.20. The highest BCUT2D eigenvalue weighted by Crippen LogP contribution is 2.36. The zero-order valence-corrected chi connectivity index (χ0v) is 11.4. The van der Waals surface area contributed by atoms with Gasteiger partial charge in [0.15, 0.2) is 11.6 Å². The van der Waals surface area contributed by atoms with Crippen LogP contribution in [0.5, 0.6) is 0 Å². The maximum atomic E-state index is 11.7. The van der Waals surface area contributed by atoms with Crippen LogP contribution in [-0.4, -0.2) is 11.6 Å². The summed E-state index contributed by atoms with van der Waals surface area (Å²) in [6, 6.07) is 7.10. The van der Waals surface area contributed by atoms with E-state index >= 15 is 0 Å². The zero-order valence-electron chi connectivity index (χ0n) is 10.6. The van der Waals surface area contributed by atoms with Gasteiger partial charge in [0, 0.05) is 22.1 Å². The lowest BCUT2D eigenvalue weighted by Crippen LogP contribution is -2.19. The van der Waals surface area contributed by atoms with Gasteiger partial charge in [0.05, 0.1) is 12.5 Å². The minimum Gasteiger partial charge on any atom is -0.472 e. The number of hydrogen-bond donors (Lipinski definition) is 0. The maximum absolute atomic E-state index is 11.7. The third-order valence-electron chi connectivity index (χ3n) is 3.03. The summed E-state index contributed by atoms with van der Waals surface area (Å²) in [7, 11) is 0. The minimum atomic E-state index is -0.388. The van der Waals surface area contributed by atoms with E-state index in [2.05, 4.69) is 0 Å². The summed E-state index contributed by atoms with van der Waals surface area (Å²) in [5, 5.41) is 0.609. The Balaban J connectivity index is 2.50. The Morgan fingerprint density at radius 3 is 1.89 bits per heavy atom. The first-order valence-corrected chi connectivity index (χ1v) is 6.21. The molecule has 0 saturated heterocycles. The van der Waals surface area contributed by atoms with E-state index in [-0.39, 0.29) is 17.5 Å². The number of hydrogen-bond acceptors (Lipinski definition) is 3. The van der Waals surface area contributed by atoms with Crippen molar-refractivity contribution in [1.82, 2.24) is 0 Å². The molecule has 1 heterocycles. The summed E-state index contributed by atoms with van der Waals surface area (Å²) in [5.74, 6) is -0.625. The van der Waals surface area contributed by atoms with Crippen LogP contribution in [-0.2, 0) is 14.3 Å². The topological polar surface area (TPSA) is 43.4 Å². The van der Waals surface area contributed by atoms with Crippen molar-refractivity contribution in [3.8, 4) is 0 Å². The first kappa shape index (κ1) is 13.6. The van der Waals surface area contributed by atoms with Crippen LogP contribution in [0.1, 0.15) is 25.3 Å². The fourth-order valence-electron chi connectivity index (χ4n) is 2.07. The van der Waals surface area contributed by atoms with Gasteiger partial charge in [-0.3, -0.25) is 9.59 Å². The molecule has 0 bridgehead atoms. The van der Waals surface area contributed by atoms with Crippen LogP contribution in [0.15, 0.2) is 47.9 Å². The number of rotatable bonds is 3. The predicted octanol–water partition coefficient (Wildman–Crippen LogP) is 3.40. The van der Waals surface area contributed by atoms with Crippen LogP contribution < -0.4 is 0 Å². The third kappa shape index (κ3) is 2.76. The molecule has 0 spiro atoms. The smallest absolute Gasteiger partial charge is 0.159 e. The standard InChI is InChI=1S/C15H13ClO3/c1-9(17)13-7-19-8-14(10(2)18)15(13)11-3-5-12(16)6-4-11/h3-8,15H,1-2H3. The highest BCUT2D eigenvalue weighted by atomic mass is 35.5. The molecule has 19 heavy (non-hydrogen) atoms. The molecule has 1 aromatic rings. The average molecular weight is 277 g/mol. The average Bonchev–Trinajstić information content (AvgIpc) is 2.38. The predicted molar refractivity (Wildman–Crippen MR) is 72.8 cm³/mol. The van der Waals surface area contributed by atoms with E-state index in [0.717, 1.165) is 5.56 Å². The Morgan fingerprint density at radius 1 is 1.00 bits per heavy atom. The van der Waals surface area contributed by atoms with Crippen molar-refractivity contribution in [3.05, 3.63) is 58.5 Å². The number of carbonyl (C=O) groups is 2. The van der Waals surface area contributed by atoms with Crippen LogP contribution in [0, 0.1) is 0 Å². The van der Waals surface area contributed by atoms with Gasteiger partial charge in [0.25, 0.3) is 0 Å². The van der Waals surface area contributed by atoms with Crippen molar-refractivity contribution < 1.29 is 14.3 Å². The molecule has 0 fully saturated rings. The molecular formula is C15H13ClO3. The van der Waals surface area contributed by atoms with Crippen LogP contribution >= 0.6 is 11.6 Å². The highest BCUT2D eigenvalue weighted by Gasteiger charge is 2.29. The van der Waals surface area contributed by atoms with E-state index < -0.39 is 0 Å². The minimum absolute atomic E-state index is 0.119. The molecule has 0 saturated carbocycles. The van der Waals surface area contributed by atoms with Crippen LogP contribution in [0.3, 0.4) is 0 Å². The second-order valence-electron chi connectivity index (χ2n) is 4.38. The number of benzene rings is 1. The van der Waals surface area contributed by atoms with Crippen molar-refractivity contribution in [1.29, 1.82) is 0 Å². The molecule has 4 heteroatoms. The summed E-state index contributed by atoms with van der Waals surface area (Å²) in [4.78, 5) is 23.4. The lowest BCUT2D eigenvalue weighted by atomic mass is 9.82. The number of ether oxygens (including phenoxy) is 1. The van der Waals surface area contributed by atoms with E-state index in [1.54, 1.807) is 12.1 Å². The van der Waals surface area contributed by atoms with Gasteiger partial charge in [-0.05, 0) is 31.5 Å². The first-order chi connectivity index (χ1) is 9.00. The largest absolute Gasteiger partial charge is 0.472 e. The number of Topliss-reactive ketones (excluding diaryl/α,β-unsaturated/α-hetero) is 2. The molecule has 3 nitrogen and oxygen atoms in total. The lowest BCUT2D eigenvalue weighted by molar-refractivity contribution is -0.114. The molecule has 0 radical (unpaired) electrons. The number of allylic oxidation sites excluding steroid dienone is 2. The summed E-state index contributed by atoms with van der Waals surface area (Å²) in [6.45, 7) is 2.92. The fraction of sp³-hybridized carbons (Fsp3) is 0.200. The number of halogens is 1. The highest BCUT2D eigenvalue weighted by molar-refractivity contribution is 6.30. The molecule has 0 unspecified atom stereocenters. The molecule has 98 valence electrons. The molecule has 0 amide bonds. The van der Waals surface area contributed by atoms with Crippen molar-refractivity contribution in [2.75, 3.05) is 0 Å². The SMILES string of the molecule is CC(=O)C1=COC=C(C(C)=O)C1c1ccc(Cl)cc1. The molecule has 0 atom stereocenters. The van der Waals surface area contributed by atoms with Crippen molar-refractivity contribution >= 4 is 23.2 Å².